The van der Waals surface area contributed by atoms with Crippen LogP contribution in [0.25, 0.3) is 12.2 Å². The number of nitrogens with one attached hydrogen (secondary N) is 1. The monoisotopic (exact) mass is 435 g/mol. The van der Waals surface area contributed by atoms with E-state index in [4.69, 9.17) is 0 Å². The molecule has 4 rings (SSSR count). The molecule has 1 aromatic heterocycles. The molecule has 6 nitrogen and oxygen atoms in total. The maximum Gasteiger partial charge on any atom is 0.471 e. The first-order valence-corrected chi connectivity index (χ1v) is 10.5. The number of halogens is 3. The molecule has 0 amide bonds. The van der Waals surface area contributed by atoms with Gasteiger partial charge in [0.25, 0.3) is 0 Å². The molecule has 1 heterocycles. The molecular weight excluding hydrogens is 419 g/mol. The number of benzene rings is 2. The largest absolute Gasteiger partial charge is 0.471 e. The second kappa shape index (κ2) is 7.69. The molecule has 1 N–H and O–H groups in total. The number of fused-ring (bicyclic) bond motifs is 1. The molecule has 0 aliphatic heterocycles. The second-order valence-electron chi connectivity index (χ2n) is 6.86. The molecule has 2 aromatic carbocycles. The summed E-state index contributed by atoms with van der Waals surface area (Å²) in [7, 11) is -3.76. The van der Waals surface area contributed by atoms with Gasteiger partial charge < -0.3 is 4.52 Å². The lowest BCUT2D eigenvalue weighted by molar-refractivity contribution is -0.159. The molecule has 0 spiro atoms. The Morgan fingerprint density at radius 1 is 1.03 bits per heavy atom. The van der Waals surface area contributed by atoms with Crippen LogP contribution in [0.2, 0.25) is 0 Å². The van der Waals surface area contributed by atoms with Gasteiger partial charge in [-0.15, -0.1) is 0 Å². The number of sulfonamides is 1. The van der Waals surface area contributed by atoms with E-state index in [2.05, 4.69) is 19.4 Å². The molecule has 1 aliphatic carbocycles. The van der Waals surface area contributed by atoms with E-state index in [1.54, 1.807) is 12.1 Å². The zero-order valence-electron chi connectivity index (χ0n) is 15.4. The third-order valence-electron chi connectivity index (χ3n) is 4.65. The van der Waals surface area contributed by atoms with Crippen LogP contribution in [0.15, 0.2) is 57.9 Å². The summed E-state index contributed by atoms with van der Waals surface area (Å²) < 4.78 is 70.0. The van der Waals surface area contributed by atoms with Gasteiger partial charge in [-0.3, -0.25) is 0 Å². The van der Waals surface area contributed by atoms with Gasteiger partial charge in [0.05, 0.1) is 4.90 Å². The molecule has 0 atom stereocenters. The molecule has 30 heavy (non-hydrogen) atoms. The summed E-state index contributed by atoms with van der Waals surface area (Å²) in [5.74, 6) is -1.71. The van der Waals surface area contributed by atoms with Gasteiger partial charge in [-0.1, -0.05) is 47.6 Å². The van der Waals surface area contributed by atoms with Crippen LogP contribution in [0.3, 0.4) is 0 Å². The Balaban J connectivity index is 1.48. The lowest BCUT2D eigenvalue weighted by Crippen LogP contribution is -2.35. The van der Waals surface area contributed by atoms with Crippen LogP contribution in [-0.4, -0.2) is 24.6 Å². The van der Waals surface area contributed by atoms with Crippen molar-refractivity contribution in [2.24, 2.45) is 0 Å². The van der Waals surface area contributed by atoms with Crippen molar-refractivity contribution in [2.75, 3.05) is 0 Å². The average molecular weight is 435 g/mol. The summed E-state index contributed by atoms with van der Waals surface area (Å²) in [4.78, 5) is 3.30. The quantitative estimate of drug-likeness (QED) is 0.661. The Labute approximate surface area is 170 Å². The van der Waals surface area contributed by atoms with Crippen LogP contribution in [-0.2, 0) is 29.0 Å². The van der Waals surface area contributed by atoms with Crippen molar-refractivity contribution >= 4 is 22.2 Å². The summed E-state index contributed by atoms with van der Waals surface area (Å²) in [6, 6.07) is 13.6. The number of rotatable bonds is 5. The molecule has 156 valence electrons. The Morgan fingerprint density at radius 2 is 1.73 bits per heavy atom. The minimum atomic E-state index is -4.72. The molecule has 0 bridgehead atoms. The fraction of sp³-hybridized carbons (Fsp3) is 0.200. The second-order valence-corrected chi connectivity index (χ2v) is 8.57. The number of aromatic nitrogens is 2. The maximum atomic E-state index is 12.8. The van der Waals surface area contributed by atoms with Crippen molar-refractivity contribution in [3.05, 3.63) is 76.9 Å². The van der Waals surface area contributed by atoms with Crippen molar-refractivity contribution in [1.82, 2.24) is 14.9 Å². The van der Waals surface area contributed by atoms with Gasteiger partial charge in [-0.2, -0.15) is 18.2 Å². The highest BCUT2D eigenvalue weighted by atomic mass is 32.2. The van der Waals surface area contributed by atoms with Crippen molar-refractivity contribution in [3.63, 3.8) is 0 Å². The van der Waals surface area contributed by atoms with Crippen LogP contribution in [0.4, 0.5) is 13.2 Å². The van der Waals surface area contributed by atoms with Gasteiger partial charge in [-0.25, -0.2) is 13.1 Å². The van der Waals surface area contributed by atoms with E-state index in [0.717, 1.165) is 11.1 Å². The summed E-state index contributed by atoms with van der Waals surface area (Å²) >= 11 is 0. The Kier molecular flexibility index (Phi) is 5.20. The van der Waals surface area contributed by atoms with Crippen molar-refractivity contribution < 1.29 is 26.1 Å². The molecule has 0 saturated carbocycles. The van der Waals surface area contributed by atoms with E-state index in [0.29, 0.717) is 18.4 Å². The molecule has 0 fully saturated rings. The molecule has 0 radical (unpaired) electrons. The van der Waals surface area contributed by atoms with E-state index in [1.165, 1.54) is 24.3 Å². The average Bonchev–Trinajstić information content (AvgIpc) is 3.32. The lowest BCUT2D eigenvalue weighted by atomic mass is 10.1. The van der Waals surface area contributed by atoms with Crippen molar-refractivity contribution in [3.8, 4) is 0 Å². The highest BCUT2D eigenvalue weighted by Gasteiger charge is 2.38. The van der Waals surface area contributed by atoms with Crippen LogP contribution in [0, 0.1) is 0 Å². The van der Waals surface area contributed by atoms with Crippen molar-refractivity contribution in [1.29, 1.82) is 0 Å². The highest BCUT2D eigenvalue weighted by Crippen LogP contribution is 2.27. The Morgan fingerprint density at radius 3 is 2.37 bits per heavy atom. The number of hydrogen-bond donors (Lipinski definition) is 1. The van der Waals surface area contributed by atoms with E-state index in [9.17, 15) is 21.6 Å². The zero-order valence-corrected chi connectivity index (χ0v) is 16.2. The van der Waals surface area contributed by atoms with Gasteiger partial charge in [0.1, 0.15) is 0 Å². The molecule has 3 aromatic rings. The van der Waals surface area contributed by atoms with Crippen molar-refractivity contribution in [2.45, 2.75) is 30.0 Å². The summed E-state index contributed by atoms with van der Waals surface area (Å²) in [6.07, 6.45) is -0.859. The van der Waals surface area contributed by atoms with E-state index < -0.39 is 22.1 Å². The minimum Gasteiger partial charge on any atom is -0.329 e. The third kappa shape index (κ3) is 4.44. The summed E-state index contributed by atoms with van der Waals surface area (Å²) in [6.45, 7) is 0. The molecule has 1 aliphatic rings. The predicted octanol–water partition coefficient (Wildman–Crippen LogP) is 3.70. The third-order valence-corrected chi connectivity index (χ3v) is 6.17. The van der Waals surface area contributed by atoms with Gasteiger partial charge in [0.15, 0.2) is 5.82 Å². The van der Waals surface area contributed by atoms with Crippen LogP contribution < -0.4 is 4.72 Å². The summed E-state index contributed by atoms with van der Waals surface area (Å²) in [5.41, 5.74) is 2.71. The summed E-state index contributed by atoms with van der Waals surface area (Å²) in [5, 5.41) is 3.23. The van der Waals surface area contributed by atoms with Gasteiger partial charge in [0, 0.05) is 6.04 Å². The molecular formula is C20H16F3N3O3S. The van der Waals surface area contributed by atoms with Gasteiger partial charge in [-0.05, 0) is 47.7 Å². The first-order chi connectivity index (χ1) is 14.2. The Bertz CT molecular complexity index is 1180. The highest BCUT2D eigenvalue weighted by molar-refractivity contribution is 7.89. The first kappa shape index (κ1) is 20.3. The van der Waals surface area contributed by atoms with E-state index >= 15 is 0 Å². The number of hydrogen-bond acceptors (Lipinski definition) is 5. The number of nitrogens with zero attached hydrogens (tertiary/aromatic N) is 2. The van der Waals surface area contributed by atoms with Crippen LogP contribution >= 0.6 is 0 Å². The lowest BCUT2D eigenvalue weighted by Gasteiger charge is -2.13. The Hall–Kier alpha value is -2.98. The van der Waals surface area contributed by atoms with Crippen LogP contribution in [0.5, 0.6) is 0 Å². The maximum absolute atomic E-state index is 12.8. The molecule has 10 heteroatoms. The smallest absolute Gasteiger partial charge is 0.329 e. The number of alkyl halides is 3. The zero-order chi connectivity index (χ0) is 21.4. The molecule has 0 unspecified atom stereocenters. The van der Waals surface area contributed by atoms with Gasteiger partial charge in [0.2, 0.25) is 10.0 Å². The first-order valence-electron chi connectivity index (χ1n) is 8.99. The minimum absolute atomic E-state index is 0.0599. The predicted molar refractivity (Wildman–Crippen MR) is 103 cm³/mol. The fourth-order valence-corrected chi connectivity index (χ4v) is 4.59. The standard InChI is InChI=1S/C20H16F3N3O3S/c21-20(22,23)19-24-18(25-29-19)9-8-13-4-3-7-17(10-13)30(27,28)26-16-11-14-5-1-2-6-15(14)12-16/h1-10,16,26H,11-12H2. The van der Waals surface area contributed by atoms with E-state index in [-0.39, 0.29) is 16.8 Å². The van der Waals surface area contributed by atoms with E-state index in [1.807, 2.05) is 24.3 Å². The van der Waals surface area contributed by atoms with Gasteiger partial charge >= 0.3 is 12.1 Å². The van der Waals surface area contributed by atoms with Crippen LogP contribution in [0.1, 0.15) is 28.4 Å². The molecule has 0 saturated heterocycles. The fourth-order valence-electron chi connectivity index (χ4n) is 3.30. The normalized spacial score (nSPS) is 15.0. The topological polar surface area (TPSA) is 85.1 Å². The SMILES string of the molecule is O=S(=O)(NC1Cc2ccccc2C1)c1cccc(C=Cc2noc(C(F)(F)F)n2)c1.